The van der Waals surface area contributed by atoms with E-state index in [9.17, 15) is 9.18 Å². The van der Waals surface area contributed by atoms with Crippen molar-refractivity contribution in [3.05, 3.63) is 77.9 Å². The van der Waals surface area contributed by atoms with Gasteiger partial charge in [0.25, 0.3) is 0 Å². The van der Waals surface area contributed by atoms with Crippen molar-refractivity contribution in [1.29, 1.82) is 0 Å². The highest BCUT2D eigenvalue weighted by atomic mass is 19.1. The lowest BCUT2D eigenvalue weighted by atomic mass is 10.2. The Morgan fingerprint density at radius 3 is 2.50 bits per heavy atom. The molecule has 2 amide bonds. The molecule has 0 aliphatic carbocycles. The van der Waals surface area contributed by atoms with Gasteiger partial charge in [-0.15, -0.1) is 0 Å². The first-order chi connectivity index (χ1) is 14.7. The summed E-state index contributed by atoms with van der Waals surface area (Å²) in [4.78, 5) is 21.1. The maximum absolute atomic E-state index is 13.0. The van der Waals surface area contributed by atoms with Crippen LogP contribution in [0.15, 0.2) is 65.3 Å². The molecule has 3 aromatic rings. The highest BCUT2D eigenvalue weighted by Crippen LogP contribution is 2.19. The molecule has 4 rings (SSSR count). The number of benzene rings is 2. The number of amides is 2. The minimum atomic E-state index is -0.297. The molecule has 2 aromatic carbocycles. The first-order valence-electron chi connectivity index (χ1n) is 10.2. The van der Waals surface area contributed by atoms with Gasteiger partial charge in [0.05, 0.1) is 5.69 Å². The summed E-state index contributed by atoms with van der Waals surface area (Å²) in [5.41, 5.74) is 2.77. The number of carbonyl (C=O) groups excluding carboxylic acids is 1. The molecule has 30 heavy (non-hydrogen) atoms. The minimum absolute atomic E-state index is 0.0448. The van der Waals surface area contributed by atoms with Crippen LogP contribution in [0.4, 0.5) is 9.18 Å². The summed E-state index contributed by atoms with van der Waals surface area (Å²) < 4.78 is 18.5. The maximum Gasteiger partial charge on any atom is 0.317 e. The lowest BCUT2D eigenvalue weighted by molar-refractivity contribution is 0.135. The molecular formula is C23H25FN4O2. The molecule has 156 valence electrons. The fraction of sp³-hybridized carbons (Fsp3) is 0.304. The van der Waals surface area contributed by atoms with Crippen molar-refractivity contribution < 1.29 is 13.6 Å². The number of oxazole rings is 1. The fourth-order valence-corrected chi connectivity index (χ4v) is 3.51. The van der Waals surface area contributed by atoms with Gasteiger partial charge in [0.1, 0.15) is 12.1 Å². The summed E-state index contributed by atoms with van der Waals surface area (Å²) >= 11 is 0. The van der Waals surface area contributed by atoms with E-state index in [1.165, 1.54) is 17.7 Å². The summed E-state index contributed by atoms with van der Waals surface area (Å²) in [5, 5.41) is 2.96. The smallest absolute Gasteiger partial charge is 0.317 e. The molecule has 1 saturated heterocycles. The van der Waals surface area contributed by atoms with Gasteiger partial charge < -0.3 is 14.6 Å². The van der Waals surface area contributed by atoms with E-state index in [1.807, 2.05) is 11.0 Å². The van der Waals surface area contributed by atoms with Crippen LogP contribution < -0.4 is 5.32 Å². The van der Waals surface area contributed by atoms with Crippen molar-refractivity contribution in [2.75, 3.05) is 32.7 Å². The maximum atomic E-state index is 13.0. The third-order valence-corrected chi connectivity index (χ3v) is 5.21. The van der Waals surface area contributed by atoms with Gasteiger partial charge in [0.15, 0.2) is 0 Å². The predicted molar refractivity (Wildman–Crippen MR) is 112 cm³/mol. The second-order valence-corrected chi connectivity index (χ2v) is 7.38. The zero-order valence-electron chi connectivity index (χ0n) is 16.8. The molecular weight excluding hydrogens is 383 g/mol. The van der Waals surface area contributed by atoms with Gasteiger partial charge in [-0.1, -0.05) is 30.3 Å². The quantitative estimate of drug-likeness (QED) is 0.678. The summed E-state index contributed by atoms with van der Waals surface area (Å²) in [6, 6.07) is 16.3. The van der Waals surface area contributed by atoms with Gasteiger partial charge in [-0.3, -0.25) is 4.90 Å². The summed E-state index contributed by atoms with van der Waals surface area (Å²) in [6.07, 6.45) is 2.15. The third kappa shape index (κ3) is 5.24. The number of piperazine rings is 1. The van der Waals surface area contributed by atoms with Crippen molar-refractivity contribution in [2.45, 2.75) is 13.0 Å². The molecule has 1 fully saturated rings. The standard InChI is InChI=1S/C23H25FN4O2/c24-20-8-6-19(7-9-20)22-26-21(17-30-22)10-11-25-23(29)28-14-12-27(13-15-28)16-18-4-2-1-3-5-18/h1-9,17H,10-16H2,(H,25,29). The van der Waals surface area contributed by atoms with E-state index in [0.29, 0.717) is 18.9 Å². The molecule has 0 spiro atoms. The van der Waals surface area contributed by atoms with E-state index in [-0.39, 0.29) is 11.8 Å². The Bertz CT molecular complexity index is 951. The Labute approximate surface area is 175 Å². The molecule has 0 radical (unpaired) electrons. The van der Waals surface area contributed by atoms with Crippen LogP contribution in [0.3, 0.4) is 0 Å². The van der Waals surface area contributed by atoms with E-state index < -0.39 is 0 Å². The van der Waals surface area contributed by atoms with Crippen LogP contribution in [0.2, 0.25) is 0 Å². The van der Waals surface area contributed by atoms with Crippen molar-refractivity contribution in [3.8, 4) is 11.5 Å². The van der Waals surface area contributed by atoms with Crippen molar-refractivity contribution >= 4 is 6.03 Å². The normalized spacial score (nSPS) is 14.6. The van der Waals surface area contributed by atoms with Gasteiger partial charge in [0.2, 0.25) is 5.89 Å². The van der Waals surface area contributed by atoms with Crippen LogP contribution in [0.1, 0.15) is 11.3 Å². The average Bonchev–Trinajstić information content (AvgIpc) is 3.24. The highest BCUT2D eigenvalue weighted by molar-refractivity contribution is 5.74. The zero-order valence-corrected chi connectivity index (χ0v) is 16.8. The summed E-state index contributed by atoms with van der Waals surface area (Å²) in [6.45, 7) is 4.57. The number of rotatable bonds is 6. The molecule has 1 aliphatic heterocycles. The topological polar surface area (TPSA) is 61.6 Å². The van der Waals surface area contributed by atoms with Crippen molar-refractivity contribution in [1.82, 2.24) is 20.1 Å². The lowest BCUT2D eigenvalue weighted by Gasteiger charge is -2.34. The van der Waals surface area contributed by atoms with Crippen LogP contribution >= 0.6 is 0 Å². The number of nitrogens with one attached hydrogen (secondary N) is 1. The Kier molecular flexibility index (Phi) is 6.39. The summed E-state index contributed by atoms with van der Waals surface area (Å²) in [5.74, 6) is 0.153. The second-order valence-electron chi connectivity index (χ2n) is 7.38. The van der Waals surface area contributed by atoms with Crippen LogP contribution in [0, 0.1) is 5.82 Å². The summed E-state index contributed by atoms with van der Waals surface area (Å²) in [7, 11) is 0. The number of carbonyl (C=O) groups is 1. The average molecular weight is 408 g/mol. The molecule has 0 saturated carbocycles. The molecule has 1 N–H and O–H groups in total. The van der Waals surface area contributed by atoms with Crippen LogP contribution in [0.5, 0.6) is 0 Å². The van der Waals surface area contributed by atoms with E-state index in [4.69, 9.17) is 4.42 Å². The number of aromatic nitrogens is 1. The van der Waals surface area contributed by atoms with Gasteiger partial charge >= 0.3 is 6.03 Å². The molecule has 1 aliphatic rings. The van der Waals surface area contributed by atoms with Gasteiger partial charge in [0, 0.05) is 51.3 Å². The van der Waals surface area contributed by atoms with Gasteiger partial charge in [-0.25, -0.2) is 14.2 Å². The van der Waals surface area contributed by atoms with Crippen LogP contribution in [-0.2, 0) is 13.0 Å². The zero-order chi connectivity index (χ0) is 20.8. The number of nitrogens with zero attached hydrogens (tertiary/aromatic N) is 3. The number of hydrogen-bond acceptors (Lipinski definition) is 4. The molecule has 0 atom stereocenters. The first kappa shape index (κ1) is 20.1. The van der Waals surface area contributed by atoms with Crippen molar-refractivity contribution in [2.24, 2.45) is 0 Å². The molecule has 0 bridgehead atoms. The number of hydrogen-bond donors (Lipinski definition) is 1. The van der Waals surface area contributed by atoms with Gasteiger partial charge in [-0.2, -0.15) is 0 Å². The Morgan fingerprint density at radius 1 is 1.03 bits per heavy atom. The number of urea groups is 1. The van der Waals surface area contributed by atoms with E-state index >= 15 is 0 Å². The Balaban J connectivity index is 1.19. The molecule has 6 nitrogen and oxygen atoms in total. The second kappa shape index (κ2) is 9.54. The van der Waals surface area contributed by atoms with E-state index in [2.05, 4.69) is 39.5 Å². The predicted octanol–water partition coefficient (Wildman–Crippen LogP) is 3.55. The SMILES string of the molecule is O=C(NCCc1coc(-c2ccc(F)cc2)n1)N1CCN(Cc2ccccc2)CC1. The number of halogens is 1. The highest BCUT2D eigenvalue weighted by Gasteiger charge is 2.20. The van der Waals surface area contributed by atoms with E-state index in [1.54, 1.807) is 18.4 Å². The lowest BCUT2D eigenvalue weighted by Crippen LogP contribution is -2.51. The molecule has 2 heterocycles. The Hall–Kier alpha value is -3.19. The largest absolute Gasteiger partial charge is 0.444 e. The fourth-order valence-electron chi connectivity index (χ4n) is 3.51. The van der Waals surface area contributed by atoms with Crippen LogP contribution in [0.25, 0.3) is 11.5 Å². The third-order valence-electron chi connectivity index (χ3n) is 5.21. The van der Waals surface area contributed by atoms with Crippen LogP contribution in [-0.4, -0.2) is 53.5 Å². The van der Waals surface area contributed by atoms with Crippen molar-refractivity contribution in [3.63, 3.8) is 0 Å². The Morgan fingerprint density at radius 2 is 1.77 bits per heavy atom. The molecule has 1 aromatic heterocycles. The molecule has 0 unspecified atom stereocenters. The monoisotopic (exact) mass is 408 g/mol. The van der Waals surface area contributed by atoms with Gasteiger partial charge in [-0.05, 0) is 29.8 Å². The minimum Gasteiger partial charge on any atom is -0.444 e. The van der Waals surface area contributed by atoms with E-state index in [0.717, 1.165) is 44.0 Å². The molecule has 7 heteroatoms. The first-order valence-corrected chi connectivity index (χ1v) is 10.2.